The number of hydrogen-bond donors (Lipinski definition) is 2. The molecule has 2 aromatic rings. The molecule has 0 atom stereocenters. The van der Waals surface area contributed by atoms with E-state index in [1.165, 1.54) is 12.3 Å². The highest BCUT2D eigenvalue weighted by Crippen LogP contribution is 2.28. The lowest BCUT2D eigenvalue weighted by atomic mass is 10.1. The summed E-state index contributed by atoms with van der Waals surface area (Å²) in [6.07, 6.45) is 1.43. The third-order valence-corrected chi connectivity index (χ3v) is 3.03. The number of nitrogen functional groups attached to an aromatic ring is 1. The maximum atomic E-state index is 13.7. The van der Waals surface area contributed by atoms with Crippen molar-refractivity contribution in [2.24, 2.45) is 0 Å². The zero-order valence-electron chi connectivity index (χ0n) is 10.3. The summed E-state index contributed by atoms with van der Waals surface area (Å²) in [6.45, 7) is 0. The summed E-state index contributed by atoms with van der Waals surface area (Å²) in [7, 11) is 0. The van der Waals surface area contributed by atoms with Gasteiger partial charge in [0.05, 0.1) is 4.92 Å². The molecule has 0 aliphatic heterocycles. The number of carbonyl (C=O) groups excluding carboxylic acids is 1. The standard InChI is InChI=1S/C12H8BrFN4O3/c13-6-1-4-9(16-5-6)17-12(19)10-7(14)2-3-8(11(10)15)18(20)21/h1-5H,15H2,(H,16,17,19). The average Bonchev–Trinajstić information content (AvgIpc) is 2.41. The Hall–Kier alpha value is -2.55. The summed E-state index contributed by atoms with van der Waals surface area (Å²) in [4.78, 5) is 25.9. The van der Waals surface area contributed by atoms with Gasteiger partial charge in [-0.15, -0.1) is 0 Å². The topological polar surface area (TPSA) is 111 Å². The highest BCUT2D eigenvalue weighted by Gasteiger charge is 2.23. The molecule has 3 N–H and O–H groups in total. The Bertz CT molecular complexity index is 721. The van der Waals surface area contributed by atoms with Crippen molar-refractivity contribution in [3.8, 4) is 0 Å². The fourth-order valence-electron chi connectivity index (χ4n) is 1.60. The molecule has 0 bridgehead atoms. The summed E-state index contributed by atoms with van der Waals surface area (Å²) >= 11 is 3.18. The molecule has 0 fully saturated rings. The summed E-state index contributed by atoms with van der Waals surface area (Å²) in [5.74, 6) is -1.70. The highest BCUT2D eigenvalue weighted by atomic mass is 79.9. The number of hydrogen-bond acceptors (Lipinski definition) is 5. The number of benzene rings is 1. The number of aromatic nitrogens is 1. The van der Waals surface area contributed by atoms with E-state index in [1.54, 1.807) is 6.07 Å². The molecule has 1 aromatic carbocycles. The molecule has 108 valence electrons. The van der Waals surface area contributed by atoms with Crippen LogP contribution >= 0.6 is 15.9 Å². The van der Waals surface area contributed by atoms with Gasteiger partial charge in [0.2, 0.25) is 0 Å². The van der Waals surface area contributed by atoms with Crippen LogP contribution in [-0.4, -0.2) is 15.8 Å². The number of nitro benzene ring substituents is 1. The fraction of sp³-hybridized carbons (Fsp3) is 0. The number of amides is 1. The highest BCUT2D eigenvalue weighted by molar-refractivity contribution is 9.10. The molecule has 0 saturated heterocycles. The first-order chi connectivity index (χ1) is 9.90. The number of halogens is 2. The maximum Gasteiger partial charge on any atom is 0.293 e. The number of pyridine rings is 1. The number of rotatable bonds is 3. The third-order valence-electron chi connectivity index (χ3n) is 2.56. The molecule has 0 aliphatic rings. The lowest BCUT2D eigenvalue weighted by Crippen LogP contribution is -2.17. The first kappa shape index (κ1) is 14.9. The molecular formula is C12H8BrFN4O3. The summed E-state index contributed by atoms with van der Waals surface area (Å²) in [6, 6.07) is 4.82. The van der Waals surface area contributed by atoms with E-state index in [-0.39, 0.29) is 5.82 Å². The lowest BCUT2D eigenvalue weighted by Gasteiger charge is -2.08. The largest absolute Gasteiger partial charge is 0.392 e. The van der Waals surface area contributed by atoms with Gasteiger partial charge in [0.15, 0.2) is 0 Å². The van der Waals surface area contributed by atoms with E-state index >= 15 is 0 Å². The van der Waals surface area contributed by atoms with Gasteiger partial charge in [-0.2, -0.15) is 0 Å². The van der Waals surface area contributed by atoms with Crippen LogP contribution in [0.5, 0.6) is 0 Å². The molecule has 1 heterocycles. The van der Waals surface area contributed by atoms with E-state index in [4.69, 9.17) is 5.73 Å². The molecule has 0 saturated carbocycles. The van der Waals surface area contributed by atoms with Crippen molar-refractivity contribution < 1.29 is 14.1 Å². The zero-order chi connectivity index (χ0) is 15.6. The second-order valence-corrected chi connectivity index (χ2v) is 4.84. The fourth-order valence-corrected chi connectivity index (χ4v) is 1.84. The molecular weight excluding hydrogens is 347 g/mol. The molecule has 1 amide bonds. The number of nitrogens with zero attached hydrogens (tertiary/aromatic N) is 2. The molecule has 7 nitrogen and oxygen atoms in total. The smallest absolute Gasteiger partial charge is 0.293 e. The number of nitrogens with one attached hydrogen (secondary N) is 1. The minimum Gasteiger partial charge on any atom is -0.392 e. The van der Waals surface area contributed by atoms with Crippen molar-refractivity contribution in [3.63, 3.8) is 0 Å². The molecule has 0 aliphatic carbocycles. The third kappa shape index (κ3) is 3.14. The Morgan fingerprint density at radius 1 is 1.38 bits per heavy atom. The lowest BCUT2D eigenvalue weighted by molar-refractivity contribution is -0.384. The van der Waals surface area contributed by atoms with E-state index in [1.807, 2.05) is 0 Å². The van der Waals surface area contributed by atoms with Crippen LogP contribution < -0.4 is 11.1 Å². The number of anilines is 2. The summed E-state index contributed by atoms with van der Waals surface area (Å²) < 4.78 is 14.4. The number of carbonyl (C=O) groups is 1. The normalized spacial score (nSPS) is 10.2. The number of nitro groups is 1. The van der Waals surface area contributed by atoms with Gasteiger partial charge in [-0.25, -0.2) is 9.37 Å². The quantitative estimate of drug-likeness (QED) is 0.500. The van der Waals surface area contributed by atoms with Gasteiger partial charge in [-0.1, -0.05) is 0 Å². The predicted molar refractivity (Wildman–Crippen MR) is 77.4 cm³/mol. The monoisotopic (exact) mass is 354 g/mol. The minimum atomic E-state index is -0.951. The predicted octanol–water partition coefficient (Wildman–Crippen LogP) is 2.73. The van der Waals surface area contributed by atoms with Crippen LogP contribution in [0.2, 0.25) is 0 Å². The van der Waals surface area contributed by atoms with Crippen molar-refractivity contribution in [2.45, 2.75) is 0 Å². The van der Waals surface area contributed by atoms with E-state index < -0.39 is 33.6 Å². The molecule has 9 heteroatoms. The van der Waals surface area contributed by atoms with Gasteiger partial charge in [-0.05, 0) is 34.1 Å². The van der Waals surface area contributed by atoms with Crippen molar-refractivity contribution >= 4 is 39.0 Å². The van der Waals surface area contributed by atoms with E-state index in [2.05, 4.69) is 26.2 Å². The molecule has 1 aromatic heterocycles. The van der Waals surface area contributed by atoms with Crippen LogP contribution in [0.1, 0.15) is 10.4 Å². The SMILES string of the molecule is Nc1c([N+](=O)[O-])ccc(F)c1C(=O)Nc1ccc(Br)cn1. The second kappa shape index (κ2) is 5.83. The average molecular weight is 355 g/mol. The maximum absolute atomic E-state index is 13.7. The Morgan fingerprint density at radius 3 is 2.67 bits per heavy atom. The molecule has 21 heavy (non-hydrogen) atoms. The van der Waals surface area contributed by atoms with Gasteiger partial charge in [0.25, 0.3) is 11.6 Å². The number of nitrogens with two attached hydrogens (primary N) is 1. The van der Waals surface area contributed by atoms with Gasteiger partial charge in [-0.3, -0.25) is 14.9 Å². The molecule has 0 unspecified atom stereocenters. The van der Waals surface area contributed by atoms with Crippen LogP contribution in [0.4, 0.5) is 21.6 Å². The van der Waals surface area contributed by atoms with Crippen LogP contribution in [-0.2, 0) is 0 Å². The summed E-state index contributed by atoms with van der Waals surface area (Å²) in [5, 5.41) is 13.1. The van der Waals surface area contributed by atoms with Crippen molar-refractivity contribution in [1.82, 2.24) is 4.98 Å². The van der Waals surface area contributed by atoms with Crippen LogP contribution in [0.25, 0.3) is 0 Å². The Kier molecular flexibility index (Phi) is 4.13. The van der Waals surface area contributed by atoms with Crippen LogP contribution in [0, 0.1) is 15.9 Å². The summed E-state index contributed by atoms with van der Waals surface area (Å²) in [5.41, 5.74) is 3.83. The van der Waals surface area contributed by atoms with Gasteiger partial charge in [0.1, 0.15) is 22.9 Å². The van der Waals surface area contributed by atoms with E-state index in [0.717, 1.165) is 12.1 Å². The molecule has 0 radical (unpaired) electrons. The minimum absolute atomic E-state index is 0.161. The van der Waals surface area contributed by atoms with Crippen LogP contribution in [0.15, 0.2) is 34.9 Å². The van der Waals surface area contributed by atoms with Crippen molar-refractivity contribution in [2.75, 3.05) is 11.1 Å². The molecule has 0 spiro atoms. The van der Waals surface area contributed by atoms with Gasteiger partial charge < -0.3 is 11.1 Å². The Balaban J connectivity index is 2.37. The molecule has 2 rings (SSSR count). The van der Waals surface area contributed by atoms with Crippen LogP contribution in [0.3, 0.4) is 0 Å². The van der Waals surface area contributed by atoms with E-state index in [9.17, 15) is 19.3 Å². The second-order valence-electron chi connectivity index (χ2n) is 3.93. The van der Waals surface area contributed by atoms with Crippen molar-refractivity contribution in [1.29, 1.82) is 0 Å². The first-order valence-electron chi connectivity index (χ1n) is 5.55. The first-order valence-corrected chi connectivity index (χ1v) is 6.34. The Morgan fingerprint density at radius 2 is 2.10 bits per heavy atom. The van der Waals surface area contributed by atoms with E-state index in [0.29, 0.717) is 4.47 Å². The van der Waals surface area contributed by atoms with Crippen molar-refractivity contribution in [3.05, 3.63) is 56.4 Å². The van der Waals surface area contributed by atoms with Gasteiger partial charge in [0, 0.05) is 16.7 Å². The Labute approximate surface area is 126 Å². The zero-order valence-corrected chi connectivity index (χ0v) is 11.9. The van der Waals surface area contributed by atoms with Gasteiger partial charge >= 0.3 is 0 Å².